The minimum atomic E-state index is -1.31. The van der Waals surface area contributed by atoms with Gasteiger partial charge in [-0.3, -0.25) is 14.4 Å². The van der Waals surface area contributed by atoms with Gasteiger partial charge in [0.05, 0.1) is 24.8 Å². The maximum atomic E-state index is 11.6. The number of hydrogen-bond acceptors (Lipinski definition) is 6. The van der Waals surface area contributed by atoms with Gasteiger partial charge in [0.1, 0.15) is 6.10 Å². The lowest BCUT2D eigenvalue weighted by atomic mass is 10.0. The van der Waals surface area contributed by atoms with Gasteiger partial charge in [0.15, 0.2) is 0 Å². The van der Waals surface area contributed by atoms with E-state index >= 15 is 0 Å². The van der Waals surface area contributed by atoms with Crippen molar-refractivity contribution in [3.8, 4) is 0 Å². The van der Waals surface area contributed by atoms with E-state index in [9.17, 15) is 24.6 Å². The van der Waals surface area contributed by atoms with E-state index in [-0.39, 0.29) is 13.0 Å². The van der Waals surface area contributed by atoms with Crippen LogP contribution in [0.25, 0.3) is 0 Å². The topological polar surface area (TPSA) is 104 Å². The van der Waals surface area contributed by atoms with Crippen molar-refractivity contribution < 1.29 is 29.3 Å². The molecule has 1 aliphatic rings. The van der Waals surface area contributed by atoms with Crippen molar-refractivity contribution in [3.05, 3.63) is 42.0 Å². The third-order valence-electron chi connectivity index (χ3n) is 3.35. The Hall–Kier alpha value is -2.51. The van der Waals surface area contributed by atoms with Crippen molar-refractivity contribution in [1.29, 1.82) is 0 Å². The number of anilines is 1. The van der Waals surface area contributed by atoms with Gasteiger partial charge in [-0.25, -0.2) is 4.90 Å². The lowest BCUT2D eigenvalue weighted by Crippen LogP contribution is -2.29. The molecule has 2 amide bonds. The number of imide groups is 1. The molecule has 7 heteroatoms. The molecule has 0 saturated heterocycles. The van der Waals surface area contributed by atoms with Crippen molar-refractivity contribution in [2.75, 3.05) is 11.5 Å². The largest absolute Gasteiger partial charge is 0.466 e. The Kier molecular flexibility index (Phi) is 5.25. The summed E-state index contributed by atoms with van der Waals surface area (Å²) in [5, 5.41) is 19.9. The van der Waals surface area contributed by atoms with E-state index in [0.29, 0.717) is 11.3 Å². The van der Waals surface area contributed by atoms with Crippen LogP contribution in [0.4, 0.5) is 5.69 Å². The van der Waals surface area contributed by atoms with E-state index in [1.165, 1.54) is 36.4 Å². The number of carbonyl (C=O) groups is 3. The third kappa shape index (κ3) is 3.82. The van der Waals surface area contributed by atoms with Crippen LogP contribution in [0.15, 0.2) is 36.4 Å². The molecule has 0 fully saturated rings. The fourth-order valence-corrected chi connectivity index (χ4v) is 2.20. The van der Waals surface area contributed by atoms with Gasteiger partial charge in [-0.05, 0) is 24.6 Å². The fraction of sp³-hybridized carbons (Fsp3) is 0.312. The quantitative estimate of drug-likeness (QED) is 0.583. The van der Waals surface area contributed by atoms with E-state index in [2.05, 4.69) is 0 Å². The van der Waals surface area contributed by atoms with Crippen molar-refractivity contribution in [2.45, 2.75) is 25.6 Å². The van der Waals surface area contributed by atoms with Crippen molar-refractivity contribution in [3.63, 3.8) is 0 Å². The monoisotopic (exact) mass is 319 g/mol. The zero-order valence-electron chi connectivity index (χ0n) is 12.5. The van der Waals surface area contributed by atoms with Gasteiger partial charge < -0.3 is 14.9 Å². The SMILES string of the molecule is CCOC(=O)CC(O)C(O)c1ccc(N2C(=O)C=CC2=O)cc1. The first-order chi connectivity index (χ1) is 10.9. The lowest BCUT2D eigenvalue weighted by Gasteiger charge is -2.19. The molecular formula is C16H17NO6. The molecule has 2 atom stereocenters. The summed E-state index contributed by atoms with van der Waals surface area (Å²) in [6.45, 7) is 1.84. The van der Waals surface area contributed by atoms with Gasteiger partial charge in [0.2, 0.25) is 0 Å². The number of nitrogens with zero attached hydrogens (tertiary/aromatic N) is 1. The number of rotatable bonds is 6. The Morgan fingerprint density at radius 2 is 1.70 bits per heavy atom. The van der Waals surface area contributed by atoms with Crippen molar-refractivity contribution in [1.82, 2.24) is 0 Å². The molecule has 0 aromatic heterocycles. The molecule has 122 valence electrons. The predicted octanol–water partition coefficient (Wildman–Crippen LogP) is 0.464. The van der Waals surface area contributed by atoms with Crippen LogP contribution in [0, 0.1) is 0 Å². The summed E-state index contributed by atoms with van der Waals surface area (Å²) < 4.78 is 4.71. The van der Waals surface area contributed by atoms with Crippen molar-refractivity contribution >= 4 is 23.5 Å². The van der Waals surface area contributed by atoms with Gasteiger partial charge in [-0.2, -0.15) is 0 Å². The molecular weight excluding hydrogens is 302 g/mol. The molecule has 23 heavy (non-hydrogen) atoms. The van der Waals surface area contributed by atoms with E-state index < -0.39 is 30.0 Å². The van der Waals surface area contributed by atoms with Crippen LogP contribution in [0.5, 0.6) is 0 Å². The molecule has 1 heterocycles. The Labute approximate surface area is 132 Å². The highest BCUT2D eigenvalue weighted by Crippen LogP contribution is 2.24. The molecule has 0 radical (unpaired) electrons. The molecule has 0 saturated carbocycles. The molecule has 1 aromatic carbocycles. The summed E-state index contributed by atoms with van der Waals surface area (Å²) >= 11 is 0. The average Bonchev–Trinajstić information content (AvgIpc) is 2.86. The zero-order chi connectivity index (χ0) is 17.0. The average molecular weight is 319 g/mol. The molecule has 0 spiro atoms. The summed E-state index contributed by atoms with van der Waals surface area (Å²) in [5.74, 6) is -1.48. The highest BCUT2D eigenvalue weighted by molar-refractivity contribution is 6.28. The number of benzene rings is 1. The highest BCUT2D eigenvalue weighted by Gasteiger charge is 2.26. The summed E-state index contributed by atoms with van der Waals surface area (Å²) in [5.41, 5.74) is 0.721. The number of esters is 1. The second-order valence-electron chi connectivity index (χ2n) is 4.96. The Morgan fingerprint density at radius 1 is 1.13 bits per heavy atom. The number of carbonyl (C=O) groups excluding carboxylic acids is 3. The number of amides is 2. The second-order valence-corrected chi connectivity index (χ2v) is 4.96. The molecule has 2 rings (SSSR count). The Balaban J connectivity index is 2.05. The smallest absolute Gasteiger partial charge is 0.308 e. The van der Waals surface area contributed by atoms with Gasteiger partial charge in [0.25, 0.3) is 11.8 Å². The van der Waals surface area contributed by atoms with Crippen LogP contribution in [-0.4, -0.2) is 40.7 Å². The summed E-state index contributed by atoms with van der Waals surface area (Å²) in [6.07, 6.45) is -0.570. The van der Waals surface area contributed by atoms with E-state index in [0.717, 1.165) is 4.90 Å². The number of aliphatic hydroxyl groups excluding tert-OH is 2. The van der Waals surface area contributed by atoms with Gasteiger partial charge >= 0.3 is 5.97 Å². The Morgan fingerprint density at radius 3 is 2.22 bits per heavy atom. The van der Waals surface area contributed by atoms with Crippen LogP contribution in [0.1, 0.15) is 25.0 Å². The fourth-order valence-electron chi connectivity index (χ4n) is 2.20. The zero-order valence-corrected chi connectivity index (χ0v) is 12.5. The number of aliphatic hydroxyl groups is 2. The van der Waals surface area contributed by atoms with E-state index in [1.54, 1.807) is 6.92 Å². The lowest BCUT2D eigenvalue weighted by molar-refractivity contribution is -0.147. The molecule has 1 aromatic rings. The maximum Gasteiger partial charge on any atom is 0.308 e. The van der Waals surface area contributed by atoms with Crippen LogP contribution < -0.4 is 4.90 Å². The van der Waals surface area contributed by atoms with Crippen LogP contribution in [0.2, 0.25) is 0 Å². The molecule has 0 aliphatic carbocycles. The van der Waals surface area contributed by atoms with Gasteiger partial charge in [-0.1, -0.05) is 12.1 Å². The highest BCUT2D eigenvalue weighted by atomic mass is 16.5. The molecule has 0 bridgehead atoms. The number of hydrogen-bond donors (Lipinski definition) is 2. The first kappa shape index (κ1) is 16.9. The molecule has 7 nitrogen and oxygen atoms in total. The maximum absolute atomic E-state index is 11.6. The summed E-state index contributed by atoms with van der Waals surface area (Å²) in [6, 6.07) is 5.93. The minimum Gasteiger partial charge on any atom is -0.466 e. The minimum absolute atomic E-state index is 0.197. The van der Waals surface area contributed by atoms with E-state index in [1.807, 2.05) is 0 Å². The summed E-state index contributed by atoms with van der Waals surface area (Å²) in [4.78, 5) is 35.4. The van der Waals surface area contributed by atoms with Crippen LogP contribution >= 0.6 is 0 Å². The standard InChI is InChI=1S/C16H17NO6/c1-2-23-15(21)9-12(18)16(22)10-3-5-11(6-4-10)17-13(19)7-8-14(17)20/h3-8,12,16,18,22H,2,9H2,1H3. The molecule has 2 unspecified atom stereocenters. The van der Waals surface area contributed by atoms with Gasteiger partial charge in [-0.15, -0.1) is 0 Å². The second kappa shape index (κ2) is 7.17. The van der Waals surface area contributed by atoms with Gasteiger partial charge in [0, 0.05) is 12.2 Å². The number of ether oxygens (including phenoxy) is 1. The Bertz CT molecular complexity index is 618. The summed E-state index contributed by atoms with van der Waals surface area (Å²) in [7, 11) is 0. The molecule has 1 aliphatic heterocycles. The normalized spacial score (nSPS) is 16.6. The predicted molar refractivity (Wildman–Crippen MR) is 80.3 cm³/mol. The first-order valence-corrected chi connectivity index (χ1v) is 7.12. The molecule has 2 N–H and O–H groups in total. The first-order valence-electron chi connectivity index (χ1n) is 7.12. The van der Waals surface area contributed by atoms with Crippen molar-refractivity contribution in [2.24, 2.45) is 0 Å². The van der Waals surface area contributed by atoms with Crippen LogP contribution in [-0.2, 0) is 19.1 Å². The van der Waals surface area contributed by atoms with Crippen LogP contribution in [0.3, 0.4) is 0 Å². The van der Waals surface area contributed by atoms with E-state index in [4.69, 9.17) is 4.74 Å². The third-order valence-corrected chi connectivity index (χ3v) is 3.35.